The van der Waals surface area contributed by atoms with E-state index in [4.69, 9.17) is 10.5 Å². The molecule has 0 aromatic heterocycles. The minimum atomic E-state index is -0.872. The van der Waals surface area contributed by atoms with Crippen LogP contribution >= 0.6 is 11.8 Å². The van der Waals surface area contributed by atoms with E-state index in [9.17, 15) is 14.4 Å². The Kier molecular flexibility index (Phi) is 8.36. The van der Waals surface area contributed by atoms with Gasteiger partial charge in [0.2, 0.25) is 0 Å². The van der Waals surface area contributed by atoms with E-state index in [1.54, 1.807) is 12.1 Å². The first kappa shape index (κ1) is 21.3. The number of nitrogens with two attached hydrogens (primary N) is 1. The SMILES string of the molecule is CSCC[C@@H](NC(N)=O)C(=O)OCC(=O)Nc1ccc(-c2ccccc2)cc1. The van der Waals surface area contributed by atoms with Crippen LogP contribution in [0.5, 0.6) is 0 Å². The first-order chi connectivity index (χ1) is 13.5. The third-order valence-electron chi connectivity index (χ3n) is 3.83. The van der Waals surface area contributed by atoms with Crippen molar-refractivity contribution in [2.24, 2.45) is 5.73 Å². The molecule has 4 N–H and O–H groups in total. The summed E-state index contributed by atoms with van der Waals surface area (Å²) < 4.78 is 5.00. The van der Waals surface area contributed by atoms with Crippen molar-refractivity contribution in [3.8, 4) is 11.1 Å². The Balaban J connectivity index is 1.85. The van der Waals surface area contributed by atoms with Crippen molar-refractivity contribution >= 4 is 35.4 Å². The minimum absolute atomic E-state index is 0.367. The predicted octanol–water partition coefficient (Wildman–Crippen LogP) is 2.63. The summed E-state index contributed by atoms with van der Waals surface area (Å²) in [6.45, 7) is -0.449. The summed E-state index contributed by atoms with van der Waals surface area (Å²) >= 11 is 1.52. The molecule has 0 aliphatic rings. The highest BCUT2D eigenvalue weighted by atomic mass is 32.2. The van der Waals surface area contributed by atoms with Crippen LogP contribution < -0.4 is 16.4 Å². The van der Waals surface area contributed by atoms with Gasteiger partial charge >= 0.3 is 12.0 Å². The summed E-state index contributed by atoms with van der Waals surface area (Å²) in [5, 5.41) is 5.00. The first-order valence-electron chi connectivity index (χ1n) is 8.66. The Hall–Kier alpha value is -3.00. The zero-order valence-corrected chi connectivity index (χ0v) is 16.3. The fourth-order valence-corrected chi connectivity index (χ4v) is 2.94. The number of carbonyl (C=O) groups is 3. The van der Waals surface area contributed by atoms with Gasteiger partial charge in [0.15, 0.2) is 6.61 Å². The second-order valence-electron chi connectivity index (χ2n) is 5.94. The van der Waals surface area contributed by atoms with E-state index in [2.05, 4.69) is 10.6 Å². The molecular formula is C20H23N3O4S. The van der Waals surface area contributed by atoms with Crippen LogP contribution in [0.1, 0.15) is 6.42 Å². The number of benzene rings is 2. The van der Waals surface area contributed by atoms with Crippen LogP contribution in [0.15, 0.2) is 54.6 Å². The topological polar surface area (TPSA) is 111 Å². The van der Waals surface area contributed by atoms with E-state index in [-0.39, 0.29) is 0 Å². The lowest BCUT2D eigenvalue weighted by Gasteiger charge is -2.16. The number of carbonyl (C=O) groups excluding carboxylic acids is 3. The fourth-order valence-electron chi connectivity index (χ4n) is 2.47. The number of hydrogen-bond acceptors (Lipinski definition) is 5. The number of hydrogen-bond donors (Lipinski definition) is 3. The number of rotatable bonds is 9. The van der Waals surface area contributed by atoms with Gasteiger partial charge in [-0.15, -0.1) is 0 Å². The molecule has 0 aliphatic carbocycles. The van der Waals surface area contributed by atoms with Crippen LogP contribution in [-0.2, 0) is 14.3 Å². The monoisotopic (exact) mass is 401 g/mol. The Morgan fingerprint density at radius 3 is 2.29 bits per heavy atom. The van der Waals surface area contributed by atoms with E-state index < -0.39 is 30.6 Å². The number of urea groups is 1. The molecule has 0 bridgehead atoms. The largest absolute Gasteiger partial charge is 0.454 e. The molecule has 0 saturated carbocycles. The second-order valence-corrected chi connectivity index (χ2v) is 6.93. The molecule has 8 heteroatoms. The maximum absolute atomic E-state index is 12.1. The molecule has 1 atom stereocenters. The zero-order valence-electron chi connectivity index (χ0n) is 15.5. The van der Waals surface area contributed by atoms with Gasteiger partial charge in [-0.05, 0) is 41.7 Å². The summed E-state index contributed by atoms with van der Waals surface area (Å²) in [5.74, 6) is -0.522. The lowest BCUT2D eigenvalue weighted by Crippen LogP contribution is -2.45. The summed E-state index contributed by atoms with van der Waals surface area (Å²) in [5.41, 5.74) is 7.77. The van der Waals surface area contributed by atoms with Crippen molar-refractivity contribution in [2.45, 2.75) is 12.5 Å². The van der Waals surface area contributed by atoms with E-state index in [0.717, 1.165) is 11.1 Å². The molecule has 148 valence electrons. The van der Waals surface area contributed by atoms with Gasteiger partial charge in [-0.3, -0.25) is 4.79 Å². The van der Waals surface area contributed by atoms with Crippen molar-refractivity contribution in [1.29, 1.82) is 0 Å². The normalized spacial score (nSPS) is 11.3. The van der Waals surface area contributed by atoms with E-state index in [1.807, 2.05) is 48.7 Å². The molecule has 0 aliphatic heterocycles. The van der Waals surface area contributed by atoms with Gasteiger partial charge in [0.05, 0.1) is 0 Å². The number of anilines is 1. The molecule has 0 radical (unpaired) electrons. The fraction of sp³-hybridized carbons (Fsp3) is 0.250. The summed E-state index contributed by atoms with van der Waals surface area (Å²) in [4.78, 5) is 35.1. The van der Waals surface area contributed by atoms with Crippen LogP contribution in [0.2, 0.25) is 0 Å². The standard InChI is InChI=1S/C20H23N3O4S/c1-28-12-11-17(23-20(21)26)19(25)27-13-18(24)22-16-9-7-15(8-10-16)14-5-3-2-4-6-14/h2-10,17H,11-13H2,1H3,(H,22,24)(H3,21,23,26)/t17-/m1/s1. The molecule has 2 aromatic carbocycles. The molecule has 2 aromatic rings. The van der Waals surface area contributed by atoms with Gasteiger partial charge in [0.25, 0.3) is 5.91 Å². The van der Waals surface area contributed by atoms with Gasteiger partial charge in [0.1, 0.15) is 6.04 Å². The van der Waals surface area contributed by atoms with Gasteiger partial charge in [-0.1, -0.05) is 42.5 Å². The predicted molar refractivity (Wildman–Crippen MR) is 111 cm³/mol. The van der Waals surface area contributed by atoms with Gasteiger partial charge in [-0.2, -0.15) is 11.8 Å². The van der Waals surface area contributed by atoms with Crippen LogP contribution in [-0.4, -0.2) is 42.6 Å². The average Bonchev–Trinajstić information content (AvgIpc) is 2.70. The Labute approximate surface area is 168 Å². The third-order valence-corrected chi connectivity index (χ3v) is 4.48. The second kappa shape index (κ2) is 11.0. The Morgan fingerprint density at radius 1 is 1.04 bits per heavy atom. The van der Waals surface area contributed by atoms with Crippen molar-refractivity contribution < 1.29 is 19.1 Å². The summed E-state index contributed by atoms with van der Waals surface area (Å²) in [6.07, 6.45) is 2.24. The number of ether oxygens (including phenoxy) is 1. The Bertz CT molecular complexity index is 797. The molecule has 0 saturated heterocycles. The van der Waals surface area contributed by atoms with Gasteiger partial charge in [0, 0.05) is 5.69 Å². The zero-order chi connectivity index (χ0) is 20.4. The lowest BCUT2D eigenvalue weighted by molar-refractivity contribution is -0.149. The number of esters is 1. The van der Waals surface area contributed by atoms with Crippen LogP contribution in [0.4, 0.5) is 10.5 Å². The highest BCUT2D eigenvalue weighted by Gasteiger charge is 2.21. The van der Waals surface area contributed by atoms with Crippen molar-refractivity contribution in [3.63, 3.8) is 0 Å². The maximum atomic E-state index is 12.1. The maximum Gasteiger partial charge on any atom is 0.329 e. The first-order valence-corrected chi connectivity index (χ1v) is 10.1. The van der Waals surface area contributed by atoms with Crippen molar-refractivity contribution in [2.75, 3.05) is 23.9 Å². The summed E-state index contributed by atoms with van der Waals surface area (Å²) in [6, 6.07) is 15.5. The molecule has 3 amide bonds. The van der Waals surface area contributed by atoms with Crippen LogP contribution in [0.25, 0.3) is 11.1 Å². The lowest BCUT2D eigenvalue weighted by atomic mass is 10.1. The molecule has 0 unspecified atom stereocenters. The highest BCUT2D eigenvalue weighted by molar-refractivity contribution is 7.98. The molecular weight excluding hydrogens is 378 g/mol. The molecule has 0 fully saturated rings. The number of nitrogens with one attached hydrogen (secondary N) is 2. The van der Waals surface area contributed by atoms with Gasteiger partial charge in [-0.25, -0.2) is 9.59 Å². The molecule has 28 heavy (non-hydrogen) atoms. The molecule has 0 heterocycles. The number of thioether (sulfide) groups is 1. The number of amides is 3. The van der Waals surface area contributed by atoms with Crippen LogP contribution in [0, 0.1) is 0 Å². The smallest absolute Gasteiger partial charge is 0.329 e. The highest BCUT2D eigenvalue weighted by Crippen LogP contribution is 2.20. The average molecular weight is 401 g/mol. The third kappa shape index (κ3) is 6.96. The van der Waals surface area contributed by atoms with Crippen molar-refractivity contribution in [1.82, 2.24) is 5.32 Å². The Morgan fingerprint density at radius 2 is 1.68 bits per heavy atom. The van der Waals surface area contributed by atoms with E-state index in [0.29, 0.717) is 17.9 Å². The van der Waals surface area contributed by atoms with E-state index >= 15 is 0 Å². The van der Waals surface area contributed by atoms with Crippen molar-refractivity contribution in [3.05, 3.63) is 54.6 Å². The minimum Gasteiger partial charge on any atom is -0.454 e. The number of primary amides is 1. The molecule has 7 nitrogen and oxygen atoms in total. The van der Waals surface area contributed by atoms with Gasteiger partial charge < -0.3 is 21.1 Å². The van der Waals surface area contributed by atoms with Crippen LogP contribution in [0.3, 0.4) is 0 Å². The molecule has 0 spiro atoms. The quantitative estimate of drug-likeness (QED) is 0.560. The summed E-state index contributed by atoms with van der Waals surface area (Å²) in [7, 11) is 0. The molecule has 2 rings (SSSR count). The van der Waals surface area contributed by atoms with E-state index in [1.165, 1.54) is 11.8 Å².